The first-order chi connectivity index (χ1) is 7.31. The highest BCUT2D eigenvalue weighted by Gasteiger charge is 2.37. The summed E-state index contributed by atoms with van der Waals surface area (Å²) in [5.41, 5.74) is 0.0988. The predicted molar refractivity (Wildman–Crippen MR) is 69.2 cm³/mol. The van der Waals surface area contributed by atoms with Crippen LogP contribution in [-0.4, -0.2) is 25.8 Å². The summed E-state index contributed by atoms with van der Waals surface area (Å²) in [5.74, 6) is 0. The molecular formula is C10H14BrNO2S2. The Kier molecular flexibility index (Phi) is 3.20. The fourth-order valence-electron chi connectivity index (χ4n) is 1.83. The third-order valence-corrected chi connectivity index (χ3v) is 6.72. The monoisotopic (exact) mass is 323 g/mol. The minimum atomic E-state index is -3.27. The van der Waals surface area contributed by atoms with Crippen molar-refractivity contribution in [3.63, 3.8) is 0 Å². The number of sulfonamides is 1. The second-order valence-electron chi connectivity index (χ2n) is 4.81. The van der Waals surface area contributed by atoms with Gasteiger partial charge >= 0.3 is 0 Å². The second kappa shape index (κ2) is 4.08. The molecule has 0 saturated carbocycles. The Morgan fingerprint density at radius 2 is 2.12 bits per heavy atom. The molecule has 1 saturated heterocycles. The molecule has 1 fully saturated rings. The summed E-state index contributed by atoms with van der Waals surface area (Å²) in [6.07, 6.45) is 0.929. The molecule has 0 aliphatic carbocycles. The average molecular weight is 324 g/mol. The molecule has 16 heavy (non-hydrogen) atoms. The molecule has 2 rings (SSSR count). The molecule has 1 aliphatic rings. The van der Waals surface area contributed by atoms with Gasteiger partial charge in [-0.05, 0) is 39.9 Å². The molecule has 0 radical (unpaired) electrons. The lowest BCUT2D eigenvalue weighted by Crippen LogP contribution is -2.29. The van der Waals surface area contributed by atoms with Gasteiger partial charge < -0.3 is 0 Å². The number of hydrogen-bond acceptors (Lipinski definition) is 3. The van der Waals surface area contributed by atoms with E-state index >= 15 is 0 Å². The molecule has 0 spiro atoms. The van der Waals surface area contributed by atoms with Crippen LogP contribution < -0.4 is 0 Å². The molecule has 0 atom stereocenters. The van der Waals surface area contributed by atoms with E-state index in [1.165, 1.54) is 11.3 Å². The van der Waals surface area contributed by atoms with Crippen molar-refractivity contribution in [3.05, 3.63) is 15.9 Å². The summed E-state index contributed by atoms with van der Waals surface area (Å²) in [6.45, 7) is 5.45. The average Bonchev–Trinajstić information content (AvgIpc) is 2.72. The van der Waals surface area contributed by atoms with Crippen molar-refractivity contribution in [3.8, 4) is 0 Å². The highest BCUT2D eigenvalue weighted by molar-refractivity contribution is 9.11. The molecule has 1 aliphatic heterocycles. The fourth-order valence-corrected chi connectivity index (χ4v) is 5.63. The number of rotatable bonds is 2. The zero-order valence-electron chi connectivity index (χ0n) is 9.23. The van der Waals surface area contributed by atoms with Crippen LogP contribution in [0.2, 0.25) is 0 Å². The van der Waals surface area contributed by atoms with E-state index in [0.717, 1.165) is 10.2 Å². The van der Waals surface area contributed by atoms with Crippen molar-refractivity contribution in [2.45, 2.75) is 24.5 Å². The number of halogens is 1. The van der Waals surface area contributed by atoms with Crippen LogP contribution in [0.4, 0.5) is 0 Å². The van der Waals surface area contributed by atoms with Crippen molar-refractivity contribution in [2.24, 2.45) is 5.41 Å². The molecular weight excluding hydrogens is 310 g/mol. The van der Waals surface area contributed by atoms with Gasteiger partial charge in [-0.25, -0.2) is 8.42 Å². The zero-order valence-corrected chi connectivity index (χ0v) is 12.5. The second-order valence-corrected chi connectivity index (χ2v) is 9.44. The Hall–Kier alpha value is 0.0900. The third kappa shape index (κ3) is 2.34. The summed E-state index contributed by atoms with van der Waals surface area (Å²) in [7, 11) is -3.27. The molecule has 1 aromatic rings. The summed E-state index contributed by atoms with van der Waals surface area (Å²) in [6, 6.07) is 3.44. The van der Waals surface area contributed by atoms with Crippen LogP contribution in [0.3, 0.4) is 0 Å². The first-order valence-corrected chi connectivity index (χ1v) is 8.12. The molecule has 0 unspecified atom stereocenters. The van der Waals surface area contributed by atoms with Crippen molar-refractivity contribution < 1.29 is 8.42 Å². The Labute approximate surface area is 109 Å². The molecule has 0 aromatic carbocycles. The topological polar surface area (TPSA) is 37.4 Å². The molecule has 0 bridgehead atoms. The molecule has 3 nitrogen and oxygen atoms in total. The van der Waals surface area contributed by atoms with Gasteiger partial charge in [0.1, 0.15) is 4.21 Å². The van der Waals surface area contributed by atoms with Gasteiger partial charge in [0.15, 0.2) is 0 Å². The molecule has 6 heteroatoms. The number of hydrogen-bond donors (Lipinski definition) is 0. The standard InChI is InChI=1S/C10H14BrNO2S2/c1-10(2)5-6-12(7-10)16(13,14)9-4-3-8(11)15-9/h3-4H,5-7H2,1-2H3. The van der Waals surface area contributed by atoms with E-state index in [4.69, 9.17) is 0 Å². The van der Waals surface area contributed by atoms with E-state index in [9.17, 15) is 8.42 Å². The van der Waals surface area contributed by atoms with E-state index in [0.29, 0.717) is 17.3 Å². The smallest absolute Gasteiger partial charge is 0.206 e. The lowest BCUT2D eigenvalue weighted by atomic mass is 9.93. The molecule has 0 amide bonds. The summed E-state index contributed by atoms with van der Waals surface area (Å²) < 4.78 is 27.4. The minimum absolute atomic E-state index is 0.0988. The fraction of sp³-hybridized carbons (Fsp3) is 0.600. The third-order valence-electron chi connectivity index (χ3n) is 2.79. The van der Waals surface area contributed by atoms with E-state index in [1.54, 1.807) is 16.4 Å². The molecule has 1 aromatic heterocycles. The Morgan fingerprint density at radius 3 is 2.56 bits per heavy atom. The maximum Gasteiger partial charge on any atom is 0.252 e. The molecule has 0 N–H and O–H groups in total. The highest BCUT2D eigenvalue weighted by Crippen LogP contribution is 2.35. The first-order valence-electron chi connectivity index (χ1n) is 5.07. The van der Waals surface area contributed by atoms with Gasteiger partial charge in [-0.3, -0.25) is 0 Å². The van der Waals surface area contributed by atoms with Crippen molar-refractivity contribution in [1.82, 2.24) is 4.31 Å². The zero-order chi connectivity index (χ0) is 12.0. The van der Waals surface area contributed by atoms with Crippen molar-refractivity contribution in [2.75, 3.05) is 13.1 Å². The Bertz CT molecular complexity index is 493. The summed E-state index contributed by atoms with van der Waals surface area (Å²) in [4.78, 5) is 0. The first kappa shape index (κ1) is 12.5. The van der Waals surface area contributed by atoms with Gasteiger partial charge in [-0.2, -0.15) is 4.31 Å². The SMILES string of the molecule is CC1(C)CCN(S(=O)(=O)c2ccc(Br)s2)C1. The van der Waals surface area contributed by atoms with Gasteiger partial charge in [0, 0.05) is 13.1 Å². The predicted octanol–water partition coefficient (Wildman–Crippen LogP) is 2.93. The summed E-state index contributed by atoms with van der Waals surface area (Å²) in [5, 5.41) is 0. The van der Waals surface area contributed by atoms with E-state index < -0.39 is 10.0 Å². The lowest BCUT2D eigenvalue weighted by molar-refractivity contribution is 0.376. The van der Waals surface area contributed by atoms with Crippen molar-refractivity contribution >= 4 is 37.3 Å². The number of nitrogens with zero attached hydrogens (tertiary/aromatic N) is 1. The van der Waals surface area contributed by atoms with Gasteiger partial charge in [0.2, 0.25) is 0 Å². The van der Waals surface area contributed by atoms with E-state index in [2.05, 4.69) is 29.8 Å². The van der Waals surface area contributed by atoms with Crippen LogP contribution in [0.15, 0.2) is 20.1 Å². The minimum Gasteiger partial charge on any atom is -0.206 e. The van der Waals surface area contributed by atoms with Crippen molar-refractivity contribution in [1.29, 1.82) is 0 Å². The maximum absolute atomic E-state index is 12.3. The van der Waals surface area contributed by atoms with Gasteiger partial charge in [-0.1, -0.05) is 13.8 Å². The van der Waals surface area contributed by atoms with Gasteiger partial charge in [0.05, 0.1) is 3.79 Å². The van der Waals surface area contributed by atoms with Crippen LogP contribution in [0, 0.1) is 5.41 Å². The van der Waals surface area contributed by atoms with Crippen LogP contribution in [0.5, 0.6) is 0 Å². The molecule has 90 valence electrons. The summed E-state index contributed by atoms with van der Waals surface area (Å²) >= 11 is 4.56. The quantitative estimate of drug-likeness (QED) is 0.839. The highest BCUT2D eigenvalue weighted by atomic mass is 79.9. The number of thiophene rings is 1. The molecule has 2 heterocycles. The van der Waals surface area contributed by atoms with Gasteiger partial charge in [0.25, 0.3) is 10.0 Å². The Morgan fingerprint density at radius 1 is 1.44 bits per heavy atom. The van der Waals surface area contributed by atoms with Crippen LogP contribution in [0.25, 0.3) is 0 Å². The van der Waals surface area contributed by atoms with Crippen LogP contribution in [0.1, 0.15) is 20.3 Å². The lowest BCUT2D eigenvalue weighted by Gasteiger charge is -2.18. The normalized spacial score (nSPS) is 21.4. The maximum atomic E-state index is 12.3. The largest absolute Gasteiger partial charge is 0.252 e. The van der Waals surface area contributed by atoms with Crippen LogP contribution >= 0.6 is 27.3 Å². The van der Waals surface area contributed by atoms with E-state index in [-0.39, 0.29) is 5.41 Å². The van der Waals surface area contributed by atoms with E-state index in [1.807, 2.05) is 0 Å². The van der Waals surface area contributed by atoms with Crippen LogP contribution in [-0.2, 0) is 10.0 Å². The Balaban J connectivity index is 2.28. The van der Waals surface area contributed by atoms with Gasteiger partial charge in [-0.15, -0.1) is 11.3 Å².